The van der Waals surface area contributed by atoms with Gasteiger partial charge in [0.2, 0.25) is 0 Å². The lowest BCUT2D eigenvalue weighted by Gasteiger charge is -2.08. The average Bonchev–Trinajstić information content (AvgIpc) is 2.42. The third kappa shape index (κ3) is 2.87. The van der Waals surface area contributed by atoms with E-state index in [9.17, 15) is 4.79 Å². The first-order valence-electron chi connectivity index (χ1n) is 6.43. The monoisotopic (exact) mass is 272 g/mol. The third-order valence-corrected chi connectivity index (χ3v) is 3.78. The lowest BCUT2D eigenvalue weighted by atomic mass is 9.96. The molecule has 0 bridgehead atoms. The summed E-state index contributed by atoms with van der Waals surface area (Å²) >= 11 is 6.06. The highest BCUT2D eigenvalue weighted by molar-refractivity contribution is 6.31. The van der Waals surface area contributed by atoms with Crippen molar-refractivity contribution in [3.8, 4) is 0 Å². The normalized spacial score (nSPS) is 10.5. The summed E-state index contributed by atoms with van der Waals surface area (Å²) in [5, 5.41) is 0.704. The van der Waals surface area contributed by atoms with Crippen molar-refractivity contribution in [1.82, 2.24) is 0 Å². The van der Waals surface area contributed by atoms with E-state index in [1.54, 1.807) is 0 Å². The predicted molar refractivity (Wildman–Crippen MR) is 80.2 cm³/mol. The van der Waals surface area contributed by atoms with E-state index < -0.39 is 0 Å². The molecule has 0 N–H and O–H groups in total. The molecule has 0 saturated heterocycles. The van der Waals surface area contributed by atoms with Gasteiger partial charge in [-0.05, 0) is 49.1 Å². The van der Waals surface area contributed by atoms with E-state index in [1.165, 1.54) is 5.56 Å². The Morgan fingerprint density at radius 1 is 1.05 bits per heavy atom. The van der Waals surface area contributed by atoms with Crippen LogP contribution in [0.4, 0.5) is 0 Å². The Kier molecular flexibility index (Phi) is 4.06. The quantitative estimate of drug-likeness (QED) is 0.737. The molecule has 2 aromatic rings. The van der Waals surface area contributed by atoms with Crippen LogP contribution in [-0.4, -0.2) is 5.78 Å². The SMILES string of the molecule is CCc1ccc(C(=O)c2cc(C)c(Cl)cc2C)cc1. The Morgan fingerprint density at radius 2 is 1.68 bits per heavy atom. The lowest BCUT2D eigenvalue weighted by Crippen LogP contribution is -2.04. The summed E-state index contributed by atoms with van der Waals surface area (Å²) in [5.41, 5.74) is 4.54. The summed E-state index contributed by atoms with van der Waals surface area (Å²) in [6.07, 6.45) is 0.980. The van der Waals surface area contributed by atoms with Gasteiger partial charge in [0.1, 0.15) is 0 Å². The van der Waals surface area contributed by atoms with E-state index in [2.05, 4.69) is 6.92 Å². The first-order valence-corrected chi connectivity index (χ1v) is 6.81. The summed E-state index contributed by atoms with van der Waals surface area (Å²) in [4.78, 5) is 12.5. The molecule has 0 amide bonds. The largest absolute Gasteiger partial charge is 0.289 e. The van der Waals surface area contributed by atoms with Crippen molar-refractivity contribution in [3.63, 3.8) is 0 Å². The van der Waals surface area contributed by atoms with Crippen molar-refractivity contribution in [3.05, 3.63) is 69.2 Å². The number of carbonyl (C=O) groups excluding carboxylic acids is 1. The molecule has 0 radical (unpaired) electrons. The molecule has 2 heteroatoms. The van der Waals surface area contributed by atoms with Crippen LogP contribution in [0.1, 0.15) is 39.5 Å². The second kappa shape index (κ2) is 5.58. The van der Waals surface area contributed by atoms with Crippen molar-refractivity contribution in [2.24, 2.45) is 0 Å². The van der Waals surface area contributed by atoms with Crippen LogP contribution in [0.15, 0.2) is 36.4 Å². The van der Waals surface area contributed by atoms with E-state index in [0.29, 0.717) is 5.02 Å². The van der Waals surface area contributed by atoms with Gasteiger partial charge in [0.05, 0.1) is 0 Å². The third-order valence-electron chi connectivity index (χ3n) is 3.37. The molecule has 19 heavy (non-hydrogen) atoms. The van der Waals surface area contributed by atoms with Crippen LogP contribution in [0, 0.1) is 13.8 Å². The van der Waals surface area contributed by atoms with E-state index in [1.807, 2.05) is 50.2 Å². The Morgan fingerprint density at radius 3 is 2.26 bits per heavy atom. The average molecular weight is 273 g/mol. The van der Waals surface area contributed by atoms with E-state index >= 15 is 0 Å². The zero-order valence-corrected chi connectivity index (χ0v) is 12.2. The van der Waals surface area contributed by atoms with Gasteiger partial charge in [0, 0.05) is 16.1 Å². The number of ketones is 1. The number of benzene rings is 2. The number of hydrogen-bond acceptors (Lipinski definition) is 1. The fourth-order valence-corrected chi connectivity index (χ4v) is 2.29. The Labute approximate surface area is 119 Å². The van der Waals surface area contributed by atoms with Gasteiger partial charge in [-0.3, -0.25) is 4.79 Å². The summed E-state index contributed by atoms with van der Waals surface area (Å²) < 4.78 is 0. The molecule has 2 rings (SSSR count). The van der Waals surface area contributed by atoms with E-state index in [-0.39, 0.29) is 5.78 Å². The maximum Gasteiger partial charge on any atom is 0.193 e. The first kappa shape index (κ1) is 13.8. The van der Waals surface area contributed by atoms with Crippen LogP contribution in [0.25, 0.3) is 0 Å². The van der Waals surface area contributed by atoms with E-state index in [0.717, 1.165) is 28.7 Å². The highest BCUT2D eigenvalue weighted by atomic mass is 35.5. The maximum atomic E-state index is 12.5. The van der Waals surface area contributed by atoms with Gasteiger partial charge in [-0.25, -0.2) is 0 Å². The number of halogens is 1. The Bertz CT molecular complexity index is 612. The molecule has 0 unspecified atom stereocenters. The fraction of sp³-hybridized carbons (Fsp3) is 0.235. The molecule has 2 aromatic carbocycles. The van der Waals surface area contributed by atoms with Crippen LogP contribution >= 0.6 is 11.6 Å². The summed E-state index contributed by atoms with van der Waals surface area (Å²) in [5.74, 6) is 0.0555. The van der Waals surface area contributed by atoms with Crippen LogP contribution in [0.5, 0.6) is 0 Å². The Balaban J connectivity index is 2.40. The van der Waals surface area contributed by atoms with Crippen LogP contribution in [-0.2, 0) is 6.42 Å². The van der Waals surface area contributed by atoms with Gasteiger partial charge in [-0.1, -0.05) is 42.8 Å². The first-order chi connectivity index (χ1) is 9.02. The van der Waals surface area contributed by atoms with Crippen molar-refractivity contribution < 1.29 is 4.79 Å². The smallest absolute Gasteiger partial charge is 0.193 e. The highest BCUT2D eigenvalue weighted by Crippen LogP contribution is 2.22. The van der Waals surface area contributed by atoms with Crippen LogP contribution in [0.3, 0.4) is 0 Å². The fourth-order valence-electron chi connectivity index (χ4n) is 2.07. The minimum atomic E-state index is 0.0555. The van der Waals surface area contributed by atoms with Gasteiger partial charge >= 0.3 is 0 Å². The second-order valence-electron chi connectivity index (χ2n) is 4.80. The molecule has 0 aliphatic heterocycles. The molecule has 0 spiro atoms. The molecule has 0 aliphatic rings. The maximum absolute atomic E-state index is 12.5. The van der Waals surface area contributed by atoms with Gasteiger partial charge < -0.3 is 0 Å². The zero-order chi connectivity index (χ0) is 14.0. The topological polar surface area (TPSA) is 17.1 Å². The summed E-state index contributed by atoms with van der Waals surface area (Å²) in [7, 11) is 0. The van der Waals surface area contributed by atoms with Crippen molar-refractivity contribution in [2.75, 3.05) is 0 Å². The summed E-state index contributed by atoms with van der Waals surface area (Å²) in [6, 6.07) is 11.5. The molecule has 0 heterocycles. The second-order valence-corrected chi connectivity index (χ2v) is 5.20. The van der Waals surface area contributed by atoms with Crippen LogP contribution in [0.2, 0.25) is 5.02 Å². The van der Waals surface area contributed by atoms with Gasteiger partial charge in [0.15, 0.2) is 5.78 Å². The van der Waals surface area contributed by atoms with Crippen molar-refractivity contribution in [2.45, 2.75) is 27.2 Å². The molecule has 0 aromatic heterocycles. The van der Waals surface area contributed by atoms with Gasteiger partial charge in [-0.2, -0.15) is 0 Å². The minimum Gasteiger partial charge on any atom is -0.289 e. The molecule has 98 valence electrons. The molecule has 1 nitrogen and oxygen atoms in total. The van der Waals surface area contributed by atoms with Crippen molar-refractivity contribution in [1.29, 1.82) is 0 Å². The minimum absolute atomic E-state index is 0.0555. The van der Waals surface area contributed by atoms with Gasteiger partial charge in [0.25, 0.3) is 0 Å². The zero-order valence-electron chi connectivity index (χ0n) is 11.5. The van der Waals surface area contributed by atoms with Crippen molar-refractivity contribution >= 4 is 17.4 Å². The molecule has 0 aliphatic carbocycles. The number of carbonyl (C=O) groups is 1. The predicted octanol–water partition coefficient (Wildman–Crippen LogP) is 4.75. The van der Waals surface area contributed by atoms with Crippen LogP contribution < -0.4 is 0 Å². The molecular weight excluding hydrogens is 256 g/mol. The standard InChI is InChI=1S/C17H17ClO/c1-4-13-5-7-14(8-6-13)17(19)15-9-12(3)16(18)10-11(15)2/h5-10H,4H2,1-3H3. The number of rotatable bonds is 3. The molecular formula is C17H17ClO. The number of hydrogen-bond donors (Lipinski definition) is 0. The Hall–Kier alpha value is -1.60. The van der Waals surface area contributed by atoms with Gasteiger partial charge in [-0.15, -0.1) is 0 Å². The van der Waals surface area contributed by atoms with E-state index in [4.69, 9.17) is 11.6 Å². The molecule has 0 saturated carbocycles. The number of aryl methyl sites for hydroxylation is 3. The molecule has 0 atom stereocenters. The lowest BCUT2D eigenvalue weighted by molar-refractivity contribution is 0.103. The molecule has 0 fully saturated rings. The summed E-state index contributed by atoms with van der Waals surface area (Å²) in [6.45, 7) is 5.93. The highest BCUT2D eigenvalue weighted by Gasteiger charge is 2.13.